The van der Waals surface area contributed by atoms with Crippen molar-refractivity contribution in [2.45, 2.75) is 0 Å². The maximum absolute atomic E-state index is 10.7. The first-order valence-electron chi connectivity index (χ1n) is 8.10. The minimum atomic E-state index is -0.480. The van der Waals surface area contributed by atoms with E-state index in [1.807, 2.05) is 0 Å². The molecule has 0 N–H and O–H groups in total. The number of non-ortho nitro benzene ring substituents is 1. The van der Waals surface area contributed by atoms with Crippen molar-refractivity contribution >= 4 is 17.8 Å². The third kappa shape index (κ3) is 3.08. The number of benzene rings is 1. The molecular formula is C20H11N3O5. The maximum atomic E-state index is 10.7. The molecule has 0 aliphatic heterocycles. The second-order valence-electron chi connectivity index (χ2n) is 5.66. The molecule has 0 saturated carbocycles. The maximum Gasteiger partial charge on any atom is 0.269 e. The smallest absolute Gasteiger partial charge is 0.269 e. The quantitative estimate of drug-likeness (QED) is 0.265. The monoisotopic (exact) mass is 373 g/mol. The van der Waals surface area contributed by atoms with Gasteiger partial charge in [0.2, 0.25) is 5.88 Å². The van der Waals surface area contributed by atoms with Gasteiger partial charge in [-0.25, -0.2) is 4.99 Å². The highest BCUT2D eigenvalue weighted by molar-refractivity contribution is 5.87. The number of nitro benzene ring substituents is 1. The van der Waals surface area contributed by atoms with E-state index in [4.69, 9.17) is 13.3 Å². The average molecular weight is 373 g/mol. The van der Waals surface area contributed by atoms with Crippen LogP contribution in [0, 0.1) is 21.4 Å². The Morgan fingerprint density at radius 3 is 2.29 bits per heavy atom. The molecule has 136 valence electrons. The molecule has 0 bridgehead atoms. The van der Waals surface area contributed by atoms with E-state index in [0.717, 1.165) is 0 Å². The molecule has 8 heteroatoms. The van der Waals surface area contributed by atoms with Gasteiger partial charge in [0.05, 0.1) is 23.0 Å². The van der Waals surface area contributed by atoms with Crippen LogP contribution in [0.3, 0.4) is 0 Å². The van der Waals surface area contributed by atoms with E-state index in [0.29, 0.717) is 28.4 Å². The minimum absolute atomic E-state index is 0.0203. The first kappa shape index (κ1) is 17.1. The number of furan rings is 3. The number of nitrogens with zero attached hydrogens (tertiary/aromatic N) is 3. The molecule has 0 aliphatic carbocycles. The van der Waals surface area contributed by atoms with Gasteiger partial charge in [0.25, 0.3) is 5.69 Å². The van der Waals surface area contributed by atoms with Crippen molar-refractivity contribution in [2.24, 2.45) is 4.99 Å². The molecule has 1 aromatic carbocycles. The summed E-state index contributed by atoms with van der Waals surface area (Å²) in [4.78, 5) is 14.5. The van der Waals surface area contributed by atoms with Crippen molar-refractivity contribution in [3.8, 4) is 28.9 Å². The van der Waals surface area contributed by atoms with Gasteiger partial charge in [-0.15, -0.1) is 0 Å². The fourth-order valence-electron chi connectivity index (χ4n) is 2.67. The van der Waals surface area contributed by atoms with Crippen LogP contribution >= 0.6 is 0 Å². The van der Waals surface area contributed by atoms with Crippen molar-refractivity contribution < 1.29 is 18.2 Å². The number of nitro groups is 1. The number of rotatable bonds is 5. The zero-order valence-electron chi connectivity index (χ0n) is 14.2. The molecule has 0 fully saturated rings. The lowest BCUT2D eigenvalue weighted by molar-refractivity contribution is -0.384. The summed E-state index contributed by atoms with van der Waals surface area (Å²) in [7, 11) is 0. The third-order valence-corrected chi connectivity index (χ3v) is 3.95. The van der Waals surface area contributed by atoms with Crippen LogP contribution in [0.4, 0.5) is 11.6 Å². The van der Waals surface area contributed by atoms with Crippen LogP contribution in [-0.4, -0.2) is 11.1 Å². The summed E-state index contributed by atoms with van der Waals surface area (Å²) in [5.41, 5.74) is 1.23. The van der Waals surface area contributed by atoms with Crippen molar-refractivity contribution in [1.29, 1.82) is 5.26 Å². The summed E-state index contributed by atoms with van der Waals surface area (Å²) in [6.45, 7) is 0. The van der Waals surface area contributed by atoms with Gasteiger partial charge in [-0.3, -0.25) is 10.1 Å². The molecule has 0 atom stereocenters. The molecule has 4 aromatic rings. The number of aliphatic imine (C=N–C) groups is 1. The minimum Gasteiger partial charge on any atom is -0.464 e. The van der Waals surface area contributed by atoms with Crippen LogP contribution < -0.4 is 0 Å². The second kappa shape index (κ2) is 7.09. The summed E-state index contributed by atoms with van der Waals surface area (Å²) in [5.74, 6) is 1.29. The fraction of sp³-hybridized carbons (Fsp3) is 0. The summed E-state index contributed by atoms with van der Waals surface area (Å²) < 4.78 is 16.7. The lowest BCUT2D eigenvalue weighted by Gasteiger charge is -1.96. The molecule has 0 spiro atoms. The van der Waals surface area contributed by atoms with Gasteiger partial charge < -0.3 is 13.3 Å². The summed E-state index contributed by atoms with van der Waals surface area (Å²) in [6, 6.07) is 14.8. The van der Waals surface area contributed by atoms with Crippen LogP contribution in [0.2, 0.25) is 0 Å². The van der Waals surface area contributed by atoms with E-state index in [2.05, 4.69) is 11.1 Å². The van der Waals surface area contributed by atoms with Crippen molar-refractivity contribution in [3.05, 3.63) is 82.3 Å². The molecule has 0 amide bonds. The van der Waals surface area contributed by atoms with Gasteiger partial charge in [-0.2, -0.15) is 5.26 Å². The van der Waals surface area contributed by atoms with Crippen molar-refractivity contribution in [1.82, 2.24) is 0 Å². The Hall–Kier alpha value is -4.38. The zero-order chi connectivity index (χ0) is 19.5. The van der Waals surface area contributed by atoms with E-state index >= 15 is 0 Å². The molecule has 8 nitrogen and oxygen atoms in total. The molecule has 4 rings (SSSR count). The highest BCUT2D eigenvalue weighted by Gasteiger charge is 2.25. The van der Waals surface area contributed by atoms with E-state index in [9.17, 15) is 15.4 Å². The van der Waals surface area contributed by atoms with Gasteiger partial charge in [-0.1, -0.05) is 0 Å². The Morgan fingerprint density at radius 1 is 1.04 bits per heavy atom. The van der Waals surface area contributed by atoms with Crippen LogP contribution in [0.5, 0.6) is 0 Å². The van der Waals surface area contributed by atoms with E-state index in [-0.39, 0.29) is 17.1 Å². The van der Waals surface area contributed by atoms with E-state index in [1.165, 1.54) is 30.9 Å². The van der Waals surface area contributed by atoms with Crippen LogP contribution in [0.25, 0.3) is 22.8 Å². The van der Waals surface area contributed by atoms with Crippen LogP contribution in [0.1, 0.15) is 11.1 Å². The largest absolute Gasteiger partial charge is 0.464 e. The Labute approximate surface area is 158 Å². The lowest BCUT2D eigenvalue weighted by Crippen LogP contribution is -1.88. The van der Waals surface area contributed by atoms with Crippen molar-refractivity contribution in [2.75, 3.05) is 0 Å². The van der Waals surface area contributed by atoms with E-state index < -0.39 is 4.92 Å². The van der Waals surface area contributed by atoms with Crippen LogP contribution in [-0.2, 0) is 0 Å². The molecular weight excluding hydrogens is 362 g/mol. The van der Waals surface area contributed by atoms with Crippen LogP contribution in [0.15, 0.2) is 79.3 Å². The average Bonchev–Trinajstić information content (AvgIpc) is 3.46. The third-order valence-electron chi connectivity index (χ3n) is 3.95. The SMILES string of the molecule is N#Cc1c(/N=C/c2ccc([N+](=O)[O-])cc2)oc(-c2ccco2)c1-c1ccco1. The predicted molar refractivity (Wildman–Crippen MR) is 99.2 cm³/mol. The molecule has 3 aromatic heterocycles. The number of hydrogen-bond donors (Lipinski definition) is 0. The summed E-state index contributed by atoms with van der Waals surface area (Å²) in [6.07, 6.45) is 4.45. The highest BCUT2D eigenvalue weighted by Crippen LogP contribution is 2.42. The zero-order valence-corrected chi connectivity index (χ0v) is 14.2. The second-order valence-corrected chi connectivity index (χ2v) is 5.66. The van der Waals surface area contributed by atoms with Gasteiger partial charge in [0, 0.05) is 18.3 Å². The number of hydrogen-bond acceptors (Lipinski definition) is 7. The molecule has 3 heterocycles. The first-order chi connectivity index (χ1) is 13.7. The van der Waals surface area contributed by atoms with Gasteiger partial charge in [0.15, 0.2) is 11.5 Å². The summed E-state index contributed by atoms with van der Waals surface area (Å²) in [5, 5.41) is 20.4. The Morgan fingerprint density at radius 2 is 1.71 bits per heavy atom. The Balaban J connectivity index is 1.78. The Bertz CT molecular complexity index is 1180. The molecule has 28 heavy (non-hydrogen) atoms. The van der Waals surface area contributed by atoms with Gasteiger partial charge in [0.1, 0.15) is 17.4 Å². The van der Waals surface area contributed by atoms with Crippen molar-refractivity contribution in [3.63, 3.8) is 0 Å². The lowest BCUT2D eigenvalue weighted by atomic mass is 10.1. The molecule has 0 unspecified atom stereocenters. The normalized spacial score (nSPS) is 11.0. The summed E-state index contributed by atoms with van der Waals surface area (Å²) >= 11 is 0. The van der Waals surface area contributed by atoms with Gasteiger partial charge >= 0.3 is 0 Å². The Kier molecular flexibility index (Phi) is 4.32. The predicted octanol–water partition coefficient (Wildman–Crippen LogP) is 5.33. The molecule has 0 saturated heterocycles. The molecule has 0 radical (unpaired) electrons. The van der Waals surface area contributed by atoms with Gasteiger partial charge in [-0.05, 0) is 42.0 Å². The van der Waals surface area contributed by atoms with E-state index in [1.54, 1.807) is 36.4 Å². The molecule has 0 aliphatic rings. The number of nitriles is 1. The standard InChI is InChI=1S/C20H11N3O5/c21-11-15-18(16-3-1-9-26-16)19(17-4-2-10-27-17)28-20(15)22-12-13-5-7-14(8-6-13)23(24)25/h1-10,12H/b22-12+. The topological polar surface area (TPSA) is 119 Å². The first-order valence-corrected chi connectivity index (χ1v) is 8.10. The fourth-order valence-corrected chi connectivity index (χ4v) is 2.67. The highest BCUT2D eigenvalue weighted by atomic mass is 16.6.